The van der Waals surface area contributed by atoms with Gasteiger partial charge in [0.15, 0.2) is 0 Å². The number of β-amino-alcohol motifs (C(OH)–C–C–N with tert-alkyl or cyclic N) is 2. The minimum atomic E-state index is -6.48. The van der Waals surface area contributed by atoms with E-state index in [-0.39, 0.29) is 52.6 Å². The fraction of sp³-hybridized carbons (Fsp3) is 1.00. The Morgan fingerprint density at radius 1 is 0.594 bits per heavy atom. The molecule has 2 atom stereocenters. The van der Waals surface area contributed by atoms with E-state index in [1.54, 1.807) is 0 Å². The van der Waals surface area contributed by atoms with E-state index in [0.717, 1.165) is 0 Å². The molecule has 0 saturated carbocycles. The van der Waals surface area contributed by atoms with Crippen molar-refractivity contribution in [1.82, 2.24) is 9.80 Å². The summed E-state index contributed by atoms with van der Waals surface area (Å²) in [6, 6.07) is 0. The molecule has 0 aliphatic carbocycles. The first-order valence-electron chi connectivity index (χ1n) is 10.2. The van der Waals surface area contributed by atoms with E-state index in [1.807, 2.05) is 0 Å². The summed E-state index contributed by atoms with van der Waals surface area (Å²) in [5.74, 6) is -24.2. The average molecular weight is 488 g/mol. The maximum absolute atomic E-state index is 14.1. The van der Waals surface area contributed by atoms with E-state index < -0.39 is 61.8 Å². The fourth-order valence-electron chi connectivity index (χ4n) is 3.60. The lowest BCUT2D eigenvalue weighted by Gasteiger charge is -2.39. The molecule has 190 valence electrons. The predicted molar refractivity (Wildman–Crippen MR) is 95.6 cm³/mol. The van der Waals surface area contributed by atoms with E-state index in [9.17, 15) is 45.3 Å². The van der Waals surface area contributed by atoms with Crippen molar-refractivity contribution in [3.8, 4) is 0 Å². The Kier molecular flexibility index (Phi) is 9.12. The third-order valence-electron chi connectivity index (χ3n) is 5.44. The second kappa shape index (κ2) is 10.6. The van der Waals surface area contributed by atoms with Crippen LogP contribution in [-0.4, -0.2) is 122 Å². The van der Waals surface area contributed by atoms with Crippen LogP contribution in [0.1, 0.15) is 12.8 Å². The monoisotopic (exact) mass is 488 g/mol. The molecule has 0 aromatic rings. The molecule has 2 aliphatic rings. The summed E-state index contributed by atoms with van der Waals surface area (Å²) in [7, 11) is 0. The van der Waals surface area contributed by atoms with Gasteiger partial charge in [0.25, 0.3) is 0 Å². The van der Waals surface area contributed by atoms with Gasteiger partial charge < -0.3 is 19.7 Å². The molecule has 2 fully saturated rings. The standard InChI is InChI=1S/C18H28F8N2O4/c19-15(20,9-13(29)11-27-1-5-31-6-2-27)17(23,24)18(25,26)16(21,22)10-14(30)12-28-3-7-32-8-4-28/h13-14,29-30H,1-12H2. The summed E-state index contributed by atoms with van der Waals surface area (Å²) in [6.45, 7) is 0.565. The summed E-state index contributed by atoms with van der Waals surface area (Å²) in [5, 5.41) is 19.4. The Balaban J connectivity index is 2.02. The van der Waals surface area contributed by atoms with Crippen LogP contribution in [0.25, 0.3) is 0 Å². The van der Waals surface area contributed by atoms with Crippen LogP contribution in [-0.2, 0) is 9.47 Å². The molecule has 0 spiro atoms. The van der Waals surface area contributed by atoms with Crippen molar-refractivity contribution in [1.29, 1.82) is 0 Å². The van der Waals surface area contributed by atoms with Crippen molar-refractivity contribution >= 4 is 0 Å². The number of aliphatic hydroxyl groups excluding tert-OH is 2. The van der Waals surface area contributed by atoms with Gasteiger partial charge in [-0.05, 0) is 0 Å². The Bertz CT molecular complexity index is 537. The molecule has 32 heavy (non-hydrogen) atoms. The molecule has 0 aromatic heterocycles. The highest BCUT2D eigenvalue weighted by Crippen LogP contribution is 2.55. The number of ether oxygens (including phenoxy) is 2. The number of rotatable bonds is 11. The minimum Gasteiger partial charge on any atom is -0.392 e. The van der Waals surface area contributed by atoms with Crippen molar-refractivity contribution < 1.29 is 54.8 Å². The number of alkyl halides is 8. The maximum Gasteiger partial charge on any atom is 0.378 e. The Morgan fingerprint density at radius 2 is 0.875 bits per heavy atom. The largest absolute Gasteiger partial charge is 0.392 e. The zero-order chi connectivity index (χ0) is 24.2. The van der Waals surface area contributed by atoms with Gasteiger partial charge in [-0.15, -0.1) is 0 Å². The molecule has 2 N–H and O–H groups in total. The topological polar surface area (TPSA) is 65.4 Å². The van der Waals surface area contributed by atoms with Crippen molar-refractivity contribution in [2.24, 2.45) is 0 Å². The first-order valence-corrected chi connectivity index (χ1v) is 10.2. The van der Waals surface area contributed by atoms with Gasteiger partial charge in [0.05, 0.1) is 38.6 Å². The highest BCUT2D eigenvalue weighted by atomic mass is 19.4. The Hall–Kier alpha value is -0.800. The zero-order valence-corrected chi connectivity index (χ0v) is 17.3. The van der Waals surface area contributed by atoms with Gasteiger partial charge in [-0.3, -0.25) is 9.80 Å². The number of nitrogens with zero attached hydrogens (tertiary/aromatic N) is 2. The van der Waals surface area contributed by atoms with Crippen LogP contribution < -0.4 is 0 Å². The van der Waals surface area contributed by atoms with Crippen molar-refractivity contribution in [2.75, 3.05) is 65.7 Å². The lowest BCUT2D eigenvalue weighted by atomic mass is 9.92. The first kappa shape index (κ1) is 27.4. The van der Waals surface area contributed by atoms with Crippen LogP contribution in [0.5, 0.6) is 0 Å². The molecular weight excluding hydrogens is 460 g/mol. The number of morpholine rings is 2. The second-order valence-corrected chi connectivity index (χ2v) is 8.10. The summed E-state index contributed by atoms with van der Waals surface area (Å²) in [4.78, 5) is 2.80. The van der Waals surface area contributed by atoms with Gasteiger partial charge in [-0.1, -0.05) is 0 Å². The summed E-state index contributed by atoms with van der Waals surface area (Å²) >= 11 is 0. The number of hydrogen-bond donors (Lipinski definition) is 2. The lowest BCUT2D eigenvalue weighted by molar-refractivity contribution is -0.372. The zero-order valence-electron chi connectivity index (χ0n) is 17.3. The molecule has 6 nitrogen and oxygen atoms in total. The molecule has 0 aromatic carbocycles. The van der Waals surface area contributed by atoms with Gasteiger partial charge in [0, 0.05) is 52.1 Å². The van der Waals surface area contributed by atoms with Gasteiger partial charge >= 0.3 is 23.7 Å². The van der Waals surface area contributed by atoms with Gasteiger partial charge in [-0.25, -0.2) is 0 Å². The van der Waals surface area contributed by atoms with E-state index in [1.165, 1.54) is 9.80 Å². The first-order chi connectivity index (χ1) is 14.7. The number of halogens is 8. The normalized spacial score (nSPS) is 22.7. The fourth-order valence-corrected chi connectivity index (χ4v) is 3.60. The maximum atomic E-state index is 14.1. The summed E-state index contributed by atoms with van der Waals surface area (Å²) in [6.07, 6.45) is -8.60. The van der Waals surface area contributed by atoms with Gasteiger partial charge in [-0.2, -0.15) is 35.1 Å². The van der Waals surface area contributed by atoms with Crippen LogP contribution in [0.3, 0.4) is 0 Å². The van der Waals surface area contributed by atoms with Crippen LogP contribution in [0, 0.1) is 0 Å². The SMILES string of the molecule is OC(CN1CCOCC1)CC(F)(F)C(F)(F)C(F)(F)C(F)(F)CC(O)CN1CCOCC1. The molecule has 14 heteroatoms. The number of aliphatic hydroxyl groups is 2. The quantitative estimate of drug-likeness (QED) is 0.432. The van der Waals surface area contributed by atoms with Crippen molar-refractivity contribution in [2.45, 2.75) is 48.7 Å². The van der Waals surface area contributed by atoms with Gasteiger partial charge in [0.2, 0.25) is 0 Å². The summed E-state index contributed by atoms with van der Waals surface area (Å²) in [5.41, 5.74) is 0. The highest BCUT2D eigenvalue weighted by molar-refractivity contribution is 5.05. The van der Waals surface area contributed by atoms with Gasteiger partial charge in [0.1, 0.15) is 0 Å². The third kappa shape index (κ3) is 6.41. The molecule has 0 radical (unpaired) electrons. The molecule has 2 saturated heterocycles. The summed E-state index contributed by atoms with van der Waals surface area (Å²) < 4.78 is 123. The van der Waals surface area contributed by atoms with E-state index in [2.05, 4.69) is 0 Å². The van der Waals surface area contributed by atoms with E-state index >= 15 is 0 Å². The second-order valence-electron chi connectivity index (χ2n) is 8.10. The van der Waals surface area contributed by atoms with Crippen LogP contribution in [0.2, 0.25) is 0 Å². The van der Waals surface area contributed by atoms with Crippen LogP contribution in [0.15, 0.2) is 0 Å². The predicted octanol–water partition coefficient (Wildman–Crippen LogP) is 1.69. The molecule has 0 bridgehead atoms. The molecule has 2 heterocycles. The van der Waals surface area contributed by atoms with Crippen LogP contribution in [0.4, 0.5) is 35.1 Å². The molecular formula is C18H28F8N2O4. The Morgan fingerprint density at radius 3 is 1.16 bits per heavy atom. The smallest absolute Gasteiger partial charge is 0.378 e. The van der Waals surface area contributed by atoms with E-state index in [4.69, 9.17) is 9.47 Å². The minimum absolute atomic E-state index is 0.203. The van der Waals surface area contributed by atoms with Crippen LogP contribution >= 0.6 is 0 Å². The van der Waals surface area contributed by atoms with Crippen molar-refractivity contribution in [3.63, 3.8) is 0 Å². The third-order valence-corrected chi connectivity index (χ3v) is 5.44. The average Bonchev–Trinajstić information content (AvgIpc) is 2.68. The molecule has 2 aliphatic heterocycles. The number of hydrogen-bond acceptors (Lipinski definition) is 6. The molecule has 0 amide bonds. The lowest BCUT2D eigenvalue weighted by Crippen LogP contribution is -2.63. The molecule has 2 rings (SSSR count). The van der Waals surface area contributed by atoms with Crippen molar-refractivity contribution in [3.05, 3.63) is 0 Å². The van der Waals surface area contributed by atoms with E-state index in [0.29, 0.717) is 0 Å². The highest BCUT2D eigenvalue weighted by Gasteiger charge is 2.80. The molecule has 2 unspecified atom stereocenters. The Labute approximate surface area is 180 Å².